The first kappa shape index (κ1) is 17.4. The maximum atomic E-state index is 12.2. The molecule has 0 aromatic carbocycles. The lowest BCUT2D eigenvalue weighted by atomic mass is 10.1. The smallest absolute Gasteiger partial charge is 0.239 e. The number of amides is 1. The fourth-order valence-corrected chi connectivity index (χ4v) is 1.94. The number of hydrogen-bond donors (Lipinski definition) is 1. The van der Waals surface area contributed by atoms with Crippen LogP contribution < -0.4 is 5.73 Å². The van der Waals surface area contributed by atoms with Crippen molar-refractivity contribution >= 4 is 5.91 Å². The van der Waals surface area contributed by atoms with E-state index < -0.39 is 0 Å². The molecule has 0 bridgehead atoms. The number of carbonyl (C=O) groups excluding carboxylic acids is 1. The summed E-state index contributed by atoms with van der Waals surface area (Å²) in [6.45, 7) is 15.1. The molecule has 0 saturated heterocycles. The Morgan fingerprint density at radius 1 is 1.11 bits per heavy atom. The lowest BCUT2D eigenvalue weighted by Gasteiger charge is -2.29. The number of carbonyl (C=O) groups is 1. The van der Waals surface area contributed by atoms with Crippen molar-refractivity contribution in [1.29, 1.82) is 0 Å². The van der Waals surface area contributed by atoms with E-state index in [4.69, 9.17) is 5.73 Å². The third-order valence-corrected chi connectivity index (χ3v) is 3.23. The van der Waals surface area contributed by atoms with E-state index in [9.17, 15) is 4.79 Å². The van der Waals surface area contributed by atoms with Crippen LogP contribution in [0.3, 0.4) is 0 Å². The highest BCUT2D eigenvalue weighted by Gasteiger charge is 2.20. The van der Waals surface area contributed by atoms with E-state index in [1.807, 2.05) is 11.8 Å². The zero-order valence-corrected chi connectivity index (χ0v) is 12.8. The molecule has 0 heterocycles. The summed E-state index contributed by atoms with van der Waals surface area (Å²) >= 11 is 0. The van der Waals surface area contributed by atoms with Gasteiger partial charge in [-0.05, 0) is 25.4 Å². The lowest BCUT2D eigenvalue weighted by molar-refractivity contribution is -0.133. The van der Waals surface area contributed by atoms with Crippen molar-refractivity contribution < 1.29 is 4.79 Å². The summed E-state index contributed by atoms with van der Waals surface area (Å²) in [4.78, 5) is 16.4. The number of nitrogens with two attached hydrogens (primary N) is 1. The van der Waals surface area contributed by atoms with Gasteiger partial charge >= 0.3 is 0 Å². The summed E-state index contributed by atoms with van der Waals surface area (Å²) in [5.74, 6) is 0.577. The summed E-state index contributed by atoms with van der Waals surface area (Å²) in [6.07, 6.45) is 0.707. The zero-order chi connectivity index (χ0) is 14.1. The van der Waals surface area contributed by atoms with Crippen molar-refractivity contribution in [3.8, 4) is 0 Å². The normalized spacial score (nSPS) is 13.1. The van der Waals surface area contributed by atoms with Crippen LogP contribution in [0.1, 0.15) is 41.0 Å². The predicted molar refractivity (Wildman–Crippen MR) is 77.5 cm³/mol. The molecule has 4 heteroatoms. The molecule has 4 nitrogen and oxygen atoms in total. The number of nitrogens with zero attached hydrogens (tertiary/aromatic N) is 2. The van der Waals surface area contributed by atoms with Crippen molar-refractivity contribution in [2.24, 2.45) is 11.7 Å². The molecule has 0 aliphatic rings. The Bertz CT molecular complexity index is 227. The molecular weight excluding hydrogens is 226 g/mol. The van der Waals surface area contributed by atoms with Gasteiger partial charge in [0.2, 0.25) is 5.91 Å². The van der Waals surface area contributed by atoms with Crippen LogP contribution in [-0.2, 0) is 4.79 Å². The first-order valence-electron chi connectivity index (χ1n) is 7.22. The van der Waals surface area contributed by atoms with Gasteiger partial charge in [-0.3, -0.25) is 4.79 Å². The van der Waals surface area contributed by atoms with Gasteiger partial charge in [0, 0.05) is 19.6 Å². The molecule has 1 atom stereocenters. The Morgan fingerprint density at radius 2 is 1.67 bits per heavy atom. The molecule has 18 heavy (non-hydrogen) atoms. The van der Waals surface area contributed by atoms with Crippen molar-refractivity contribution in [2.45, 2.75) is 47.1 Å². The minimum absolute atomic E-state index is 0.0957. The summed E-state index contributed by atoms with van der Waals surface area (Å²) in [5, 5.41) is 0. The maximum Gasteiger partial charge on any atom is 0.239 e. The Kier molecular flexibility index (Phi) is 9.02. The Balaban J connectivity index is 4.44. The monoisotopic (exact) mass is 257 g/mol. The van der Waals surface area contributed by atoms with Gasteiger partial charge in [0.05, 0.1) is 6.04 Å². The van der Waals surface area contributed by atoms with Gasteiger partial charge in [-0.15, -0.1) is 0 Å². The number of rotatable bonds is 9. The van der Waals surface area contributed by atoms with Crippen LogP contribution in [0, 0.1) is 5.92 Å². The van der Waals surface area contributed by atoms with Crippen LogP contribution in [0.4, 0.5) is 0 Å². The maximum absolute atomic E-state index is 12.2. The predicted octanol–water partition coefficient (Wildman–Crippen LogP) is 1.55. The molecule has 0 saturated carbocycles. The van der Waals surface area contributed by atoms with Crippen molar-refractivity contribution in [3.63, 3.8) is 0 Å². The third kappa shape index (κ3) is 6.36. The minimum atomic E-state index is -0.347. The third-order valence-electron chi connectivity index (χ3n) is 3.23. The van der Waals surface area contributed by atoms with Gasteiger partial charge in [-0.2, -0.15) is 0 Å². The average Bonchev–Trinajstić information content (AvgIpc) is 2.36. The first-order valence-corrected chi connectivity index (χ1v) is 7.22. The van der Waals surface area contributed by atoms with Crippen LogP contribution in [-0.4, -0.2) is 54.5 Å². The van der Waals surface area contributed by atoms with E-state index in [2.05, 4.69) is 32.6 Å². The summed E-state index contributed by atoms with van der Waals surface area (Å²) in [7, 11) is 0. The Labute approximate surface area is 113 Å². The molecule has 0 fully saturated rings. The second-order valence-electron chi connectivity index (χ2n) is 5.22. The molecule has 0 unspecified atom stereocenters. The molecule has 108 valence electrons. The Hall–Kier alpha value is -0.610. The highest BCUT2D eigenvalue weighted by atomic mass is 16.2. The second-order valence-corrected chi connectivity index (χ2v) is 5.22. The van der Waals surface area contributed by atoms with Crippen LogP contribution in [0.2, 0.25) is 0 Å². The molecular formula is C14H31N3O. The van der Waals surface area contributed by atoms with E-state index >= 15 is 0 Å². The molecule has 0 aromatic heterocycles. The van der Waals surface area contributed by atoms with Crippen molar-refractivity contribution in [2.75, 3.05) is 32.7 Å². The molecule has 0 rings (SSSR count). The van der Waals surface area contributed by atoms with Crippen LogP contribution in [0.25, 0.3) is 0 Å². The van der Waals surface area contributed by atoms with E-state index in [0.717, 1.165) is 32.7 Å². The topological polar surface area (TPSA) is 49.6 Å². The number of likely N-dealkylation sites (N-methyl/N-ethyl adjacent to an activating group) is 1. The minimum Gasteiger partial charge on any atom is -0.340 e. The fourth-order valence-electron chi connectivity index (χ4n) is 1.94. The van der Waals surface area contributed by atoms with Gasteiger partial charge in [-0.25, -0.2) is 0 Å². The average molecular weight is 257 g/mol. The molecule has 0 radical (unpaired) electrons. The molecule has 0 aromatic rings. The molecule has 0 aliphatic heterocycles. The van der Waals surface area contributed by atoms with E-state index in [1.165, 1.54) is 0 Å². The quantitative estimate of drug-likeness (QED) is 0.682. The summed E-state index contributed by atoms with van der Waals surface area (Å²) in [5.41, 5.74) is 5.86. The van der Waals surface area contributed by atoms with Gasteiger partial charge in [-0.1, -0.05) is 34.6 Å². The van der Waals surface area contributed by atoms with Gasteiger partial charge in [0.15, 0.2) is 0 Å². The van der Waals surface area contributed by atoms with Crippen molar-refractivity contribution in [3.05, 3.63) is 0 Å². The fraction of sp³-hybridized carbons (Fsp3) is 0.929. The van der Waals surface area contributed by atoms with Gasteiger partial charge in [0.25, 0.3) is 0 Å². The van der Waals surface area contributed by atoms with Gasteiger partial charge < -0.3 is 15.5 Å². The second kappa shape index (κ2) is 9.34. The van der Waals surface area contributed by atoms with Gasteiger partial charge in [0.1, 0.15) is 0 Å². The molecule has 0 aliphatic carbocycles. The molecule has 1 amide bonds. The van der Waals surface area contributed by atoms with Crippen LogP contribution in [0.15, 0.2) is 0 Å². The first-order chi connectivity index (χ1) is 8.46. The van der Waals surface area contributed by atoms with Crippen LogP contribution in [0.5, 0.6) is 0 Å². The summed E-state index contributed by atoms with van der Waals surface area (Å²) < 4.78 is 0. The van der Waals surface area contributed by atoms with E-state index in [-0.39, 0.29) is 11.9 Å². The largest absolute Gasteiger partial charge is 0.340 e. The highest BCUT2D eigenvalue weighted by Crippen LogP contribution is 2.03. The van der Waals surface area contributed by atoms with Crippen LogP contribution >= 0.6 is 0 Å². The lowest BCUT2D eigenvalue weighted by Crippen LogP contribution is -2.47. The summed E-state index contributed by atoms with van der Waals surface area (Å²) in [6, 6.07) is -0.347. The zero-order valence-electron chi connectivity index (χ0n) is 12.8. The molecule has 0 spiro atoms. The van der Waals surface area contributed by atoms with E-state index in [0.29, 0.717) is 12.3 Å². The van der Waals surface area contributed by atoms with E-state index in [1.54, 1.807) is 0 Å². The highest BCUT2D eigenvalue weighted by molar-refractivity contribution is 5.81. The van der Waals surface area contributed by atoms with Crippen molar-refractivity contribution in [1.82, 2.24) is 9.80 Å². The molecule has 2 N–H and O–H groups in total. The number of hydrogen-bond acceptors (Lipinski definition) is 3. The standard InChI is InChI=1S/C14H31N3O/c1-6-13(15)14(18)17(11-12(4)5)10-9-16(7-2)8-3/h12-13H,6-11,15H2,1-5H3/t13-/m1/s1. The Morgan fingerprint density at radius 3 is 2.06 bits per heavy atom. The SMILES string of the molecule is CC[C@@H](N)C(=O)N(CCN(CC)CC)CC(C)C.